The van der Waals surface area contributed by atoms with Gasteiger partial charge in [0.05, 0.1) is 23.5 Å². The minimum atomic E-state index is 0.214. The monoisotopic (exact) mass is 298 g/mol. The molecule has 0 unspecified atom stereocenters. The molecule has 1 aliphatic rings. The first-order chi connectivity index (χ1) is 10.6. The van der Waals surface area contributed by atoms with Crippen molar-refractivity contribution in [3.8, 4) is 0 Å². The fourth-order valence-electron chi connectivity index (χ4n) is 3.07. The van der Waals surface area contributed by atoms with Crippen LogP contribution in [0, 0.1) is 13.8 Å². The SMILES string of the molecule is Cc1n[nH]c(C)c1N1CCN(C(=O)Cc2ccccc2)CC1. The molecule has 5 heteroatoms. The standard InChI is InChI=1S/C17H22N4O/c1-13-17(14(2)19-18-13)21-10-8-20(9-11-21)16(22)12-15-6-4-3-5-7-15/h3-7H,8-12H2,1-2H3,(H,18,19). The number of anilines is 1. The molecule has 2 aromatic rings. The largest absolute Gasteiger partial charge is 0.365 e. The van der Waals surface area contributed by atoms with E-state index in [1.165, 1.54) is 5.69 Å². The molecule has 1 aromatic heterocycles. The maximum absolute atomic E-state index is 12.4. The Morgan fingerprint density at radius 2 is 1.82 bits per heavy atom. The average molecular weight is 298 g/mol. The fraction of sp³-hybridized carbons (Fsp3) is 0.412. The van der Waals surface area contributed by atoms with Crippen LogP contribution in [0.15, 0.2) is 30.3 Å². The van der Waals surface area contributed by atoms with Crippen LogP contribution in [0.25, 0.3) is 0 Å². The highest BCUT2D eigenvalue weighted by atomic mass is 16.2. The molecule has 3 rings (SSSR count). The van der Waals surface area contributed by atoms with E-state index in [4.69, 9.17) is 0 Å². The molecule has 2 heterocycles. The minimum Gasteiger partial charge on any atom is -0.365 e. The predicted molar refractivity (Wildman–Crippen MR) is 87.0 cm³/mol. The van der Waals surface area contributed by atoms with Crippen LogP contribution in [0.1, 0.15) is 17.0 Å². The molecule has 0 spiro atoms. The molecule has 1 N–H and O–H groups in total. The lowest BCUT2D eigenvalue weighted by atomic mass is 10.1. The third-order valence-electron chi connectivity index (χ3n) is 4.24. The molecule has 0 saturated carbocycles. The van der Waals surface area contributed by atoms with Crippen molar-refractivity contribution in [2.75, 3.05) is 31.1 Å². The molecule has 116 valence electrons. The Bertz CT molecular complexity index is 622. The summed E-state index contributed by atoms with van der Waals surface area (Å²) in [6, 6.07) is 9.94. The van der Waals surface area contributed by atoms with Gasteiger partial charge < -0.3 is 9.80 Å². The van der Waals surface area contributed by atoms with Gasteiger partial charge in [-0.3, -0.25) is 9.89 Å². The van der Waals surface area contributed by atoms with Crippen LogP contribution in [0.3, 0.4) is 0 Å². The Morgan fingerprint density at radius 1 is 1.14 bits per heavy atom. The molecule has 1 aromatic carbocycles. The molecule has 1 aliphatic heterocycles. The first-order valence-corrected chi connectivity index (χ1v) is 7.73. The zero-order chi connectivity index (χ0) is 15.5. The number of carbonyl (C=O) groups is 1. The smallest absolute Gasteiger partial charge is 0.227 e. The van der Waals surface area contributed by atoms with Gasteiger partial charge in [0.2, 0.25) is 5.91 Å². The molecule has 1 saturated heterocycles. The third kappa shape index (κ3) is 2.98. The van der Waals surface area contributed by atoms with Crippen LogP contribution in [0.4, 0.5) is 5.69 Å². The third-order valence-corrected chi connectivity index (χ3v) is 4.24. The van der Waals surface area contributed by atoms with Gasteiger partial charge in [-0.2, -0.15) is 5.10 Å². The van der Waals surface area contributed by atoms with Crippen LogP contribution in [0.5, 0.6) is 0 Å². The van der Waals surface area contributed by atoms with Gasteiger partial charge in [-0.25, -0.2) is 0 Å². The molecular weight excluding hydrogens is 276 g/mol. The number of piperazine rings is 1. The van der Waals surface area contributed by atoms with Gasteiger partial charge in [0.15, 0.2) is 0 Å². The summed E-state index contributed by atoms with van der Waals surface area (Å²) < 4.78 is 0. The summed E-state index contributed by atoms with van der Waals surface area (Å²) in [7, 11) is 0. The first kappa shape index (κ1) is 14.6. The number of nitrogens with zero attached hydrogens (tertiary/aromatic N) is 3. The first-order valence-electron chi connectivity index (χ1n) is 7.73. The predicted octanol–water partition coefficient (Wildman–Crippen LogP) is 1.92. The average Bonchev–Trinajstić information content (AvgIpc) is 2.87. The number of carbonyl (C=O) groups excluding carboxylic acids is 1. The van der Waals surface area contributed by atoms with Crippen molar-refractivity contribution in [3.63, 3.8) is 0 Å². The van der Waals surface area contributed by atoms with E-state index in [0.29, 0.717) is 6.42 Å². The van der Waals surface area contributed by atoms with Gasteiger partial charge in [0.1, 0.15) is 0 Å². The molecule has 22 heavy (non-hydrogen) atoms. The molecular formula is C17H22N4O. The minimum absolute atomic E-state index is 0.214. The summed E-state index contributed by atoms with van der Waals surface area (Å²) >= 11 is 0. The Morgan fingerprint density at radius 3 is 2.41 bits per heavy atom. The number of aromatic nitrogens is 2. The number of aromatic amines is 1. The Balaban J connectivity index is 1.59. The van der Waals surface area contributed by atoms with Gasteiger partial charge >= 0.3 is 0 Å². The van der Waals surface area contributed by atoms with Crippen LogP contribution in [-0.2, 0) is 11.2 Å². The number of amides is 1. The topological polar surface area (TPSA) is 52.2 Å². The van der Waals surface area contributed by atoms with Gasteiger partial charge in [-0.15, -0.1) is 0 Å². The van der Waals surface area contributed by atoms with Crippen LogP contribution >= 0.6 is 0 Å². The number of aryl methyl sites for hydroxylation is 2. The number of rotatable bonds is 3. The molecule has 5 nitrogen and oxygen atoms in total. The molecule has 1 amide bonds. The second-order valence-corrected chi connectivity index (χ2v) is 5.81. The maximum atomic E-state index is 12.4. The number of hydrogen-bond donors (Lipinski definition) is 1. The van der Waals surface area contributed by atoms with Crippen LogP contribution in [-0.4, -0.2) is 47.2 Å². The molecule has 0 bridgehead atoms. The normalized spacial score (nSPS) is 15.2. The molecule has 0 atom stereocenters. The summed E-state index contributed by atoms with van der Waals surface area (Å²) in [6.07, 6.45) is 0.491. The van der Waals surface area contributed by atoms with Gasteiger partial charge in [-0.05, 0) is 19.4 Å². The van der Waals surface area contributed by atoms with Gasteiger partial charge in [0, 0.05) is 26.2 Å². The lowest BCUT2D eigenvalue weighted by Crippen LogP contribution is -2.49. The van der Waals surface area contributed by atoms with Crippen LogP contribution < -0.4 is 4.90 Å². The van der Waals surface area contributed by atoms with E-state index in [-0.39, 0.29) is 5.91 Å². The lowest BCUT2D eigenvalue weighted by Gasteiger charge is -2.36. The molecule has 0 aliphatic carbocycles. The zero-order valence-corrected chi connectivity index (χ0v) is 13.2. The summed E-state index contributed by atoms with van der Waals surface area (Å²) in [4.78, 5) is 16.7. The summed E-state index contributed by atoms with van der Waals surface area (Å²) in [5.41, 5.74) is 4.40. The van der Waals surface area contributed by atoms with Crippen molar-refractivity contribution >= 4 is 11.6 Å². The number of nitrogens with one attached hydrogen (secondary N) is 1. The number of hydrogen-bond acceptors (Lipinski definition) is 3. The lowest BCUT2D eigenvalue weighted by molar-refractivity contribution is -0.130. The highest BCUT2D eigenvalue weighted by Crippen LogP contribution is 2.23. The number of H-pyrrole nitrogens is 1. The molecule has 1 fully saturated rings. The van der Waals surface area contributed by atoms with E-state index < -0.39 is 0 Å². The van der Waals surface area contributed by atoms with E-state index in [1.54, 1.807) is 0 Å². The second kappa shape index (κ2) is 6.22. The Hall–Kier alpha value is -2.30. The quantitative estimate of drug-likeness (QED) is 0.942. The highest BCUT2D eigenvalue weighted by molar-refractivity contribution is 5.79. The summed E-state index contributed by atoms with van der Waals surface area (Å²) in [6.45, 7) is 7.34. The van der Waals surface area contributed by atoms with Crippen molar-refractivity contribution in [2.45, 2.75) is 20.3 Å². The maximum Gasteiger partial charge on any atom is 0.227 e. The van der Waals surface area contributed by atoms with E-state index in [0.717, 1.165) is 43.1 Å². The van der Waals surface area contributed by atoms with E-state index >= 15 is 0 Å². The number of benzene rings is 1. The van der Waals surface area contributed by atoms with Gasteiger partial charge in [0.25, 0.3) is 0 Å². The zero-order valence-electron chi connectivity index (χ0n) is 13.2. The van der Waals surface area contributed by atoms with Crippen molar-refractivity contribution in [1.29, 1.82) is 0 Å². The Kier molecular flexibility index (Phi) is 4.13. The van der Waals surface area contributed by atoms with Crippen molar-refractivity contribution in [2.24, 2.45) is 0 Å². The van der Waals surface area contributed by atoms with E-state index in [2.05, 4.69) is 15.1 Å². The van der Waals surface area contributed by atoms with E-state index in [9.17, 15) is 4.79 Å². The van der Waals surface area contributed by atoms with E-state index in [1.807, 2.05) is 49.1 Å². The fourth-order valence-corrected chi connectivity index (χ4v) is 3.07. The van der Waals surface area contributed by atoms with Crippen molar-refractivity contribution in [1.82, 2.24) is 15.1 Å². The van der Waals surface area contributed by atoms with Crippen molar-refractivity contribution < 1.29 is 4.79 Å². The van der Waals surface area contributed by atoms with Crippen molar-refractivity contribution in [3.05, 3.63) is 47.3 Å². The molecule has 0 radical (unpaired) electrons. The summed E-state index contributed by atoms with van der Waals surface area (Å²) in [5, 5.41) is 7.28. The Labute approximate surface area is 130 Å². The second-order valence-electron chi connectivity index (χ2n) is 5.81. The summed E-state index contributed by atoms with van der Waals surface area (Å²) in [5.74, 6) is 0.214. The highest BCUT2D eigenvalue weighted by Gasteiger charge is 2.23. The van der Waals surface area contributed by atoms with Gasteiger partial charge in [-0.1, -0.05) is 30.3 Å². The van der Waals surface area contributed by atoms with Crippen LogP contribution in [0.2, 0.25) is 0 Å².